The van der Waals surface area contributed by atoms with E-state index in [0.29, 0.717) is 23.0 Å². The van der Waals surface area contributed by atoms with Crippen molar-refractivity contribution in [2.45, 2.75) is 19.4 Å². The Labute approximate surface area is 143 Å². The zero-order valence-electron chi connectivity index (χ0n) is 12.9. The normalized spacial score (nSPS) is 11.9. The van der Waals surface area contributed by atoms with Crippen LogP contribution < -0.4 is 5.32 Å². The first kappa shape index (κ1) is 16.1. The lowest BCUT2D eigenvalue weighted by atomic mass is 10.2. The van der Waals surface area contributed by atoms with Crippen molar-refractivity contribution in [3.8, 4) is 11.4 Å². The molecular weight excluding hydrogens is 328 g/mol. The number of carbonyl (C=O) groups excluding carboxylic acids is 1. The first-order valence-electron chi connectivity index (χ1n) is 7.43. The number of rotatable bonds is 5. The predicted octanol–water partition coefficient (Wildman–Crippen LogP) is 2.98. The minimum Gasteiger partial charge on any atom is -0.323 e. The average Bonchev–Trinajstić information content (AvgIpc) is 3.07. The highest BCUT2D eigenvalue weighted by atomic mass is 35.5. The van der Waals surface area contributed by atoms with Crippen molar-refractivity contribution in [1.82, 2.24) is 25.2 Å². The molecule has 1 amide bonds. The topological polar surface area (TPSA) is 85.6 Å². The number of aromatic nitrogens is 5. The number of amides is 1. The first-order chi connectivity index (χ1) is 11.7. The summed E-state index contributed by atoms with van der Waals surface area (Å²) < 4.78 is 0. The Morgan fingerprint density at radius 1 is 1.29 bits per heavy atom. The molecule has 0 bridgehead atoms. The maximum Gasteiger partial charge on any atom is 0.251 e. The van der Waals surface area contributed by atoms with Gasteiger partial charge in [-0.2, -0.15) is 4.80 Å². The molecule has 2 heterocycles. The van der Waals surface area contributed by atoms with Crippen molar-refractivity contribution in [3.63, 3.8) is 0 Å². The molecule has 0 fully saturated rings. The van der Waals surface area contributed by atoms with Gasteiger partial charge in [0, 0.05) is 16.8 Å². The Morgan fingerprint density at radius 3 is 2.75 bits per heavy atom. The third-order valence-corrected chi connectivity index (χ3v) is 3.68. The molecule has 0 saturated heterocycles. The van der Waals surface area contributed by atoms with Crippen LogP contribution in [0.1, 0.15) is 19.4 Å². The molecule has 0 radical (unpaired) electrons. The van der Waals surface area contributed by atoms with Crippen molar-refractivity contribution in [1.29, 1.82) is 0 Å². The van der Waals surface area contributed by atoms with Gasteiger partial charge in [-0.3, -0.25) is 9.78 Å². The van der Waals surface area contributed by atoms with Crippen LogP contribution in [0.4, 0.5) is 5.69 Å². The molecule has 122 valence electrons. The van der Waals surface area contributed by atoms with E-state index in [9.17, 15) is 4.79 Å². The smallest absolute Gasteiger partial charge is 0.251 e. The third kappa shape index (κ3) is 3.57. The van der Waals surface area contributed by atoms with E-state index in [1.54, 1.807) is 48.8 Å². The summed E-state index contributed by atoms with van der Waals surface area (Å²) in [7, 11) is 0. The summed E-state index contributed by atoms with van der Waals surface area (Å²) >= 11 is 5.88. The molecule has 3 aromatic rings. The van der Waals surface area contributed by atoms with Gasteiger partial charge in [0.2, 0.25) is 5.82 Å². The van der Waals surface area contributed by atoms with E-state index < -0.39 is 6.04 Å². The predicted molar refractivity (Wildman–Crippen MR) is 90.5 cm³/mol. The van der Waals surface area contributed by atoms with E-state index in [-0.39, 0.29) is 5.91 Å². The SMILES string of the molecule is CC[C@H](C(=O)Nc1cccnc1)n1nnc(-c2ccc(Cl)cc2)n1. The second kappa shape index (κ2) is 7.18. The van der Waals surface area contributed by atoms with Gasteiger partial charge in [0.1, 0.15) is 0 Å². The van der Waals surface area contributed by atoms with Gasteiger partial charge in [-0.1, -0.05) is 18.5 Å². The molecular formula is C16H15ClN6O. The Hall–Kier alpha value is -2.80. The van der Waals surface area contributed by atoms with Crippen LogP contribution >= 0.6 is 11.6 Å². The Morgan fingerprint density at radius 2 is 2.08 bits per heavy atom. The van der Waals surface area contributed by atoms with Crippen LogP contribution in [-0.2, 0) is 4.79 Å². The largest absolute Gasteiger partial charge is 0.323 e. The minimum absolute atomic E-state index is 0.217. The molecule has 7 nitrogen and oxygen atoms in total. The average molecular weight is 343 g/mol. The fraction of sp³-hybridized carbons (Fsp3) is 0.188. The van der Waals surface area contributed by atoms with Crippen LogP contribution in [0.3, 0.4) is 0 Å². The number of tetrazole rings is 1. The summed E-state index contributed by atoms with van der Waals surface area (Å²) in [4.78, 5) is 17.7. The maximum atomic E-state index is 12.4. The summed E-state index contributed by atoms with van der Waals surface area (Å²) in [5, 5.41) is 15.8. The highest BCUT2D eigenvalue weighted by Crippen LogP contribution is 2.19. The van der Waals surface area contributed by atoms with Crippen LogP contribution in [0.2, 0.25) is 5.02 Å². The fourth-order valence-corrected chi connectivity index (χ4v) is 2.31. The number of nitrogens with zero attached hydrogens (tertiary/aromatic N) is 5. The fourth-order valence-electron chi connectivity index (χ4n) is 2.19. The summed E-state index contributed by atoms with van der Waals surface area (Å²) in [6.45, 7) is 1.89. The number of anilines is 1. The lowest BCUT2D eigenvalue weighted by molar-refractivity contribution is -0.119. The summed E-state index contributed by atoms with van der Waals surface area (Å²) in [6.07, 6.45) is 3.76. The number of pyridine rings is 1. The van der Waals surface area contributed by atoms with E-state index in [2.05, 4.69) is 25.7 Å². The highest BCUT2D eigenvalue weighted by Gasteiger charge is 2.22. The number of hydrogen-bond acceptors (Lipinski definition) is 5. The number of benzene rings is 1. The molecule has 0 saturated carbocycles. The van der Waals surface area contributed by atoms with Gasteiger partial charge in [0.15, 0.2) is 6.04 Å². The van der Waals surface area contributed by atoms with E-state index in [4.69, 9.17) is 11.6 Å². The second-order valence-electron chi connectivity index (χ2n) is 5.10. The third-order valence-electron chi connectivity index (χ3n) is 3.43. The van der Waals surface area contributed by atoms with Crippen LogP contribution in [0.15, 0.2) is 48.8 Å². The molecule has 0 aliphatic rings. The van der Waals surface area contributed by atoms with Gasteiger partial charge < -0.3 is 5.32 Å². The minimum atomic E-state index is -0.557. The molecule has 1 aromatic carbocycles. The second-order valence-corrected chi connectivity index (χ2v) is 5.53. The quantitative estimate of drug-likeness (QED) is 0.770. The van der Waals surface area contributed by atoms with Crippen molar-refractivity contribution in [2.75, 3.05) is 5.32 Å². The molecule has 0 aliphatic heterocycles. The molecule has 3 rings (SSSR count). The molecule has 2 aromatic heterocycles. The molecule has 0 spiro atoms. The van der Waals surface area contributed by atoms with Gasteiger partial charge in [-0.25, -0.2) is 0 Å². The molecule has 0 unspecified atom stereocenters. The molecule has 8 heteroatoms. The standard InChI is InChI=1S/C16H15ClN6O/c1-2-14(16(24)19-13-4-3-9-18-10-13)23-21-15(20-22-23)11-5-7-12(17)8-6-11/h3-10,14H,2H2,1H3,(H,19,24)/t14-/m1/s1. The van der Waals surface area contributed by atoms with E-state index in [1.165, 1.54) is 4.80 Å². The van der Waals surface area contributed by atoms with Crippen LogP contribution in [-0.4, -0.2) is 31.1 Å². The molecule has 1 atom stereocenters. The summed E-state index contributed by atoms with van der Waals surface area (Å²) in [5.41, 5.74) is 1.41. The maximum absolute atomic E-state index is 12.4. The zero-order valence-corrected chi connectivity index (χ0v) is 13.7. The van der Waals surface area contributed by atoms with E-state index in [1.807, 2.05) is 6.92 Å². The van der Waals surface area contributed by atoms with Crippen molar-refractivity contribution >= 4 is 23.2 Å². The van der Waals surface area contributed by atoms with Crippen molar-refractivity contribution in [2.24, 2.45) is 0 Å². The lowest BCUT2D eigenvalue weighted by Gasteiger charge is -2.13. The summed E-state index contributed by atoms with van der Waals surface area (Å²) in [5.74, 6) is 0.227. The van der Waals surface area contributed by atoms with Gasteiger partial charge >= 0.3 is 0 Å². The van der Waals surface area contributed by atoms with E-state index >= 15 is 0 Å². The van der Waals surface area contributed by atoms with Crippen LogP contribution in [0.5, 0.6) is 0 Å². The van der Waals surface area contributed by atoms with Crippen molar-refractivity contribution < 1.29 is 4.79 Å². The van der Waals surface area contributed by atoms with Gasteiger partial charge in [-0.15, -0.1) is 10.2 Å². The van der Waals surface area contributed by atoms with Crippen molar-refractivity contribution in [3.05, 3.63) is 53.8 Å². The van der Waals surface area contributed by atoms with Crippen LogP contribution in [0.25, 0.3) is 11.4 Å². The number of hydrogen-bond donors (Lipinski definition) is 1. The van der Waals surface area contributed by atoms with Gasteiger partial charge in [0.25, 0.3) is 5.91 Å². The van der Waals surface area contributed by atoms with Crippen LogP contribution in [0, 0.1) is 0 Å². The number of carbonyl (C=O) groups is 1. The first-order valence-corrected chi connectivity index (χ1v) is 7.81. The zero-order chi connectivity index (χ0) is 16.9. The lowest BCUT2D eigenvalue weighted by Crippen LogP contribution is -2.27. The molecule has 24 heavy (non-hydrogen) atoms. The van der Waals surface area contributed by atoms with Gasteiger partial charge in [0.05, 0.1) is 11.9 Å². The monoisotopic (exact) mass is 342 g/mol. The Kier molecular flexibility index (Phi) is 4.81. The number of halogens is 1. The Bertz CT molecular complexity index is 818. The number of nitrogens with one attached hydrogen (secondary N) is 1. The van der Waals surface area contributed by atoms with E-state index in [0.717, 1.165) is 5.56 Å². The highest BCUT2D eigenvalue weighted by molar-refractivity contribution is 6.30. The van der Waals surface area contributed by atoms with Gasteiger partial charge in [-0.05, 0) is 48.0 Å². The molecule has 0 aliphatic carbocycles. The Balaban J connectivity index is 1.78. The molecule has 1 N–H and O–H groups in total. The summed E-state index contributed by atoms with van der Waals surface area (Å²) in [6, 6.07) is 10.1.